The van der Waals surface area contributed by atoms with Gasteiger partial charge < -0.3 is 24.4 Å². The van der Waals surface area contributed by atoms with Crippen molar-refractivity contribution in [1.29, 1.82) is 0 Å². The van der Waals surface area contributed by atoms with E-state index in [2.05, 4.69) is 60.1 Å². The molecule has 1 aliphatic rings. The van der Waals surface area contributed by atoms with E-state index in [0.29, 0.717) is 25.9 Å². The minimum absolute atomic E-state index is 0. The molecule has 5 rings (SSSR count). The molecule has 45 heavy (non-hydrogen) atoms. The number of allylic oxidation sites excluding steroid dienone is 5. The van der Waals surface area contributed by atoms with Crippen molar-refractivity contribution in [3.05, 3.63) is 140 Å². The molecule has 1 fully saturated rings. The molecule has 4 aromatic rings. The summed E-state index contributed by atoms with van der Waals surface area (Å²) in [5.41, 5.74) is 6.11. The zero-order valence-corrected chi connectivity index (χ0v) is 28.3. The summed E-state index contributed by atoms with van der Waals surface area (Å²) in [7, 11) is 1.86. The topological polar surface area (TPSA) is 91.6 Å². The van der Waals surface area contributed by atoms with Crippen LogP contribution in [0.2, 0.25) is 0 Å². The van der Waals surface area contributed by atoms with Gasteiger partial charge in [0.2, 0.25) is 5.88 Å². The molecule has 0 amide bonds. The van der Waals surface area contributed by atoms with E-state index < -0.39 is 11.4 Å². The van der Waals surface area contributed by atoms with Crippen molar-refractivity contribution >= 4 is 29.3 Å². The third kappa shape index (κ3) is 9.56. The second kappa shape index (κ2) is 18.4. The number of carbonyl (C=O) groups is 2. The number of rotatable bonds is 11. The molecule has 1 saturated carbocycles. The molecule has 1 aliphatic carbocycles. The molecule has 1 N–H and O–H groups in total. The summed E-state index contributed by atoms with van der Waals surface area (Å²) in [6.45, 7) is 12.9. The summed E-state index contributed by atoms with van der Waals surface area (Å²) >= 11 is 0. The Bertz CT molecular complexity index is 1640. The van der Waals surface area contributed by atoms with Crippen LogP contribution in [0.4, 0.5) is 5.88 Å². The molecule has 0 bridgehead atoms. The number of furan rings is 1. The SMILES string of the molecule is C=C/C=C(\C=C/C)COC=O.C=CC=C.CNc1oc2ccccc2c1-c1ccc(-c2ccc(C3(C(=O)[O-])CC3)cc2)cc1.[Na+]. The van der Waals surface area contributed by atoms with Gasteiger partial charge in [-0.15, -0.1) is 0 Å². The second-order valence-corrected chi connectivity index (χ2v) is 9.93. The molecule has 1 heterocycles. The van der Waals surface area contributed by atoms with E-state index >= 15 is 0 Å². The van der Waals surface area contributed by atoms with Gasteiger partial charge in [0.05, 0.1) is 11.5 Å². The molecule has 6 nitrogen and oxygen atoms in total. The smallest absolute Gasteiger partial charge is 0.549 e. The molecule has 226 valence electrons. The van der Waals surface area contributed by atoms with Crippen molar-refractivity contribution in [1.82, 2.24) is 0 Å². The second-order valence-electron chi connectivity index (χ2n) is 9.93. The van der Waals surface area contributed by atoms with Gasteiger partial charge in [0.25, 0.3) is 6.47 Å². The maximum Gasteiger partial charge on any atom is 1.00 e. The Morgan fingerprint density at radius 1 is 0.933 bits per heavy atom. The Balaban J connectivity index is 0.000000373. The number of fused-ring (bicyclic) bond motifs is 1. The van der Waals surface area contributed by atoms with Crippen LogP contribution in [0.1, 0.15) is 25.3 Å². The van der Waals surface area contributed by atoms with E-state index in [1.54, 1.807) is 24.3 Å². The maximum atomic E-state index is 11.4. The monoisotopic (exact) mass is 611 g/mol. The molecule has 0 saturated heterocycles. The van der Waals surface area contributed by atoms with Crippen LogP contribution in [0.15, 0.2) is 139 Å². The van der Waals surface area contributed by atoms with Crippen LogP contribution in [0.3, 0.4) is 0 Å². The molecule has 0 radical (unpaired) electrons. The van der Waals surface area contributed by atoms with Crippen molar-refractivity contribution < 1.29 is 53.4 Å². The van der Waals surface area contributed by atoms with Crippen LogP contribution in [-0.2, 0) is 19.7 Å². The van der Waals surface area contributed by atoms with Gasteiger partial charge in [-0.2, -0.15) is 0 Å². The number of para-hydroxylation sites is 1. The first-order valence-electron chi connectivity index (χ1n) is 14.2. The van der Waals surface area contributed by atoms with Crippen LogP contribution in [0.25, 0.3) is 33.2 Å². The number of anilines is 1. The summed E-state index contributed by atoms with van der Waals surface area (Å²) < 4.78 is 10.5. The van der Waals surface area contributed by atoms with Gasteiger partial charge in [-0.1, -0.05) is 123 Å². The fourth-order valence-electron chi connectivity index (χ4n) is 4.70. The van der Waals surface area contributed by atoms with E-state index in [1.807, 2.05) is 68.6 Å². The van der Waals surface area contributed by atoms with Crippen LogP contribution >= 0.6 is 0 Å². The summed E-state index contributed by atoms with van der Waals surface area (Å²) in [5.74, 6) is -0.220. The molecule has 0 aliphatic heterocycles. The van der Waals surface area contributed by atoms with Gasteiger partial charge >= 0.3 is 29.6 Å². The number of hydrogen-bond acceptors (Lipinski definition) is 6. The fourth-order valence-corrected chi connectivity index (χ4v) is 4.70. The minimum atomic E-state index is -0.970. The zero-order valence-electron chi connectivity index (χ0n) is 26.3. The normalized spacial score (nSPS) is 12.7. The summed E-state index contributed by atoms with van der Waals surface area (Å²) in [5, 5.41) is 15.6. The summed E-state index contributed by atoms with van der Waals surface area (Å²) in [6.07, 6.45) is 11.8. The van der Waals surface area contributed by atoms with Gasteiger partial charge in [-0.05, 0) is 53.7 Å². The Hall–Kier alpha value is -4.36. The summed E-state index contributed by atoms with van der Waals surface area (Å²) in [4.78, 5) is 21.2. The average Bonchev–Trinajstić information content (AvgIpc) is 3.79. The number of benzene rings is 3. The van der Waals surface area contributed by atoms with Crippen LogP contribution in [0.5, 0.6) is 0 Å². The van der Waals surface area contributed by atoms with Crippen molar-refractivity contribution in [2.24, 2.45) is 0 Å². The quantitative estimate of drug-likeness (QED) is 0.149. The molecule has 7 heteroatoms. The summed E-state index contributed by atoms with van der Waals surface area (Å²) in [6, 6.07) is 24.1. The van der Waals surface area contributed by atoms with Gasteiger partial charge in [0.1, 0.15) is 12.2 Å². The first-order chi connectivity index (χ1) is 21.4. The molecule has 0 atom stereocenters. The number of aliphatic carboxylic acids is 1. The van der Waals surface area contributed by atoms with E-state index in [0.717, 1.165) is 50.2 Å². The van der Waals surface area contributed by atoms with Gasteiger partial charge in [-0.25, -0.2) is 0 Å². The zero-order chi connectivity index (χ0) is 32.0. The van der Waals surface area contributed by atoms with E-state index in [1.165, 1.54) is 0 Å². The third-order valence-electron chi connectivity index (χ3n) is 7.11. The minimum Gasteiger partial charge on any atom is -0.549 e. The van der Waals surface area contributed by atoms with Gasteiger partial charge in [0, 0.05) is 17.8 Å². The Kier molecular flexibility index (Phi) is 15.1. The first kappa shape index (κ1) is 36.8. The maximum absolute atomic E-state index is 11.4. The van der Waals surface area contributed by atoms with Crippen molar-refractivity contribution in [3.8, 4) is 22.3 Å². The predicted octanol–water partition coefficient (Wildman–Crippen LogP) is 4.80. The number of carbonyl (C=O) groups excluding carboxylic acids is 2. The fraction of sp³-hybridized carbons (Fsp3) is 0.158. The number of nitrogens with one attached hydrogen (secondary N) is 1. The van der Waals surface area contributed by atoms with E-state index in [4.69, 9.17) is 4.42 Å². The Morgan fingerprint density at radius 2 is 1.51 bits per heavy atom. The van der Waals surface area contributed by atoms with Crippen LogP contribution < -0.4 is 40.0 Å². The van der Waals surface area contributed by atoms with Crippen molar-refractivity contribution in [2.75, 3.05) is 19.0 Å². The number of ether oxygens (including phenoxy) is 1. The molecule has 1 aromatic heterocycles. The Morgan fingerprint density at radius 3 is 2.00 bits per heavy atom. The largest absolute Gasteiger partial charge is 1.00 e. The van der Waals surface area contributed by atoms with E-state index in [-0.39, 0.29) is 29.6 Å². The first-order valence-corrected chi connectivity index (χ1v) is 14.2. The predicted molar refractivity (Wildman–Crippen MR) is 178 cm³/mol. The Labute approximate surface area is 287 Å². The number of carboxylic acids is 1. The van der Waals surface area contributed by atoms with Crippen LogP contribution in [-0.4, -0.2) is 26.1 Å². The molecule has 0 spiro atoms. The molecule has 0 unspecified atom stereocenters. The molecular formula is C38H38NNaO5. The average molecular weight is 612 g/mol. The van der Waals surface area contributed by atoms with E-state index in [9.17, 15) is 14.7 Å². The molecular weight excluding hydrogens is 573 g/mol. The third-order valence-corrected chi connectivity index (χ3v) is 7.11. The van der Waals surface area contributed by atoms with Crippen molar-refractivity contribution in [3.63, 3.8) is 0 Å². The number of hydrogen-bond donors (Lipinski definition) is 1. The van der Waals surface area contributed by atoms with Gasteiger partial charge in [-0.3, -0.25) is 4.79 Å². The van der Waals surface area contributed by atoms with Crippen LogP contribution in [0, 0.1) is 0 Å². The van der Waals surface area contributed by atoms with Crippen molar-refractivity contribution in [2.45, 2.75) is 25.2 Å². The standard InChI is InChI=1S/C25H21NO3.C9H12O2.C4H6.Na/c1-26-23-22(20-4-2-3-5-21(20)29-23)18-8-6-16(7-9-18)17-10-12-19(13-11-17)25(14-15-25)24(27)28;1-3-5-9(6-4-2)7-11-8-10;1-3-4-2;/h2-13,26H,14-15H2,1H3,(H,27,28);3-6,8H,1,7H2,2H3;3-4H,1-2H2;/q;;;+1/p-1/b;6-4-,9-5+;;. The molecule has 3 aromatic carbocycles. The van der Waals surface area contributed by atoms with Gasteiger partial charge in [0.15, 0.2) is 0 Å². The number of carboxylic acid groups (broad SMARTS) is 1.